The Morgan fingerprint density at radius 3 is 3.12 bits per heavy atom. The molecular formula is C11H14O5. The third-order valence-electron chi connectivity index (χ3n) is 3.16. The van der Waals surface area contributed by atoms with Crippen LogP contribution in [-0.2, 0) is 23.8 Å². The maximum absolute atomic E-state index is 11.5. The van der Waals surface area contributed by atoms with Crippen LogP contribution in [0.1, 0.15) is 12.8 Å². The maximum atomic E-state index is 11.5. The number of carbonyl (C=O) groups excluding carboxylic acids is 2. The second-order valence-electron chi connectivity index (χ2n) is 4.03. The third kappa shape index (κ3) is 1.51. The molecule has 0 spiro atoms. The van der Waals surface area contributed by atoms with E-state index < -0.39 is 11.7 Å². The Bertz CT molecular complexity index is 337. The first-order valence-corrected chi connectivity index (χ1v) is 5.17. The molecule has 0 amide bonds. The lowest BCUT2D eigenvalue weighted by Gasteiger charge is -2.25. The summed E-state index contributed by atoms with van der Waals surface area (Å²) in [5.41, 5.74) is 0. The number of fused-ring (bicyclic) bond motifs is 1. The maximum Gasteiger partial charge on any atom is 0.311 e. The van der Waals surface area contributed by atoms with Gasteiger partial charge in [0, 0.05) is 6.42 Å². The summed E-state index contributed by atoms with van der Waals surface area (Å²) in [6, 6.07) is 0. The van der Waals surface area contributed by atoms with Crippen LogP contribution in [0, 0.1) is 11.8 Å². The number of rotatable bonds is 3. The van der Waals surface area contributed by atoms with E-state index in [4.69, 9.17) is 9.47 Å². The Kier molecular flexibility index (Phi) is 2.71. The van der Waals surface area contributed by atoms with Crippen LogP contribution >= 0.6 is 0 Å². The summed E-state index contributed by atoms with van der Waals surface area (Å²) in [7, 11) is 1.33. The van der Waals surface area contributed by atoms with E-state index in [1.165, 1.54) is 7.11 Å². The number of methoxy groups -OCH3 is 1. The summed E-state index contributed by atoms with van der Waals surface area (Å²) in [6.45, 7) is 3.84. The zero-order valence-electron chi connectivity index (χ0n) is 9.10. The molecule has 2 aliphatic heterocycles. The highest BCUT2D eigenvalue weighted by Gasteiger charge is 2.59. The molecule has 0 radical (unpaired) electrons. The minimum absolute atomic E-state index is 0.202. The second-order valence-corrected chi connectivity index (χ2v) is 4.03. The first-order valence-electron chi connectivity index (χ1n) is 5.17. The highest BCUT2D eigenvalue weighted by atomic mass is 16.7. The summed E-state index contributed by atoms with van der Waals surface area (Å²) in [6.07, 6.45) is 2.23. The predicted molar refractivity (Wildman–Crippen MR) is 53.2 cm³/mol. The molecule has 2 rings (SSSR count). The van der Waals surface area contributed by atoms with Gasteiger partial charge in [-0.3, -0.25) is 9.59 Å². The molecule has 0 unspecified atom stereocenters. The molecule has 2 saturated heterocycles. The van der Waals surface area contributed by atoms with Gasteiger partial charge in [0.1, 0.15) is 0 Å². The largest absolute Gasteiger partial charge is 0.469 e. The summed E-state index contributed by atoms with van der Waals surface area (Å²) in [5, 5.41) is 0. The SMILES string of the molecule is C=CC[C@@]12OC[C@@H](C(=O)OC)[C@@H]1CC(=O)O2. The van der Waals surface area contributed by atoms with Crippen molar-refractivity contribution in [2.45, 2.75) is 18.6 Å². The molecule has 3 atom stereocenters. The molecule has 2 heterocycles. The molecular weight excluding hydrogens is 212 g/mol. The molecule has 5 nitrogen and oxygen atoms in total. The van der Waals surface area contributed by atoms with Gasteiger partial charge in [-0.1, -0.05) is 6.08 Å². The van der Waals surface area contributed by atoms with Crippen LogP contribution in [0.3, 0.4) is 0 Å². The Labute approximate surface area is 93.4 Å². The van der Waals surface area contributed by atoms with Gasteiger partial charge in [0.15, 0.2) is 0 Å². The highest BCUT2D eigenvalue weighted by Crippen LogP contribution is 2.47. The van der Waals surface area contributed by atoms with Crippen molar-refractivity contribution in [3.05, 3.63) is 12.7 Å². The highest BCUT2D eigenvalue weighted by molar-refractivity contribution is 5.78. The van der Waals surface area contributed by atoms with Gasteiger partial charge < -0.3 is 14.2 Å². The minimum atomic E-state index is -0.988. The molecule has 0 saturated carbocycles. The molecule has 88 valence electrons. The van der Waals surface area contributed by atoms with E-state index >= 15 is 0 Å². The van der Waals surface area contributed by atoms with Crippen molar-refractivity contribution >= 4 is 11.9 Å². The summed E-state index contributed by atoms with van der Waals surface area (Å²) >= 11 is 0. The molecule has 0 N–H and O–H groups in total. The van der Waals surface area contributed by atoms with E-state index in [1.807, 2.05) is 0 Å². The Hall–Kier alpha value is -1.36. The van der Waals surface area contributed by atoms with Gasteiger partial charge in [-0.15, -0.1) is 6.58 Å². The van der Waals surface area contributed by atoms with Crippen LogP contribution in [-0.4, -0.2) is 31.4 Å². The topological polar surface area (TPSA) is 61.8 Å². The van der Waals surface area contributed by atoms with Crippen LogP contribution < -0.4 is 0 Å². The quantitative estimate of drug-likeness (QED) is 0.522. The van der Waals surface area contributed by atoms with E-state index in [1.54, 1.807) is 6.08 Å². The molecule has 16 heavy (non-hydrogen) atoms. The average molecular weight is 226 g/mol. The second kappa shape index (κ2) is 3.90. The van der Waals surface area contributed by atoms with E-state index in [9.17, 15) is 9.59 Å². The fourth-order valence-corrected chi connectivity index (χ4v) is 2.41. The van der Waals surface area contributed by atoms with Crippen molar-refractivity contribution in [1.29, 1.82) is 0 Å². The monoisotopic (exact) mass is 226 g/mol. The van der Waals surface area contributed by atoms with Gasteiger partial charge in [-0.2, -0.15) is 0 Å². The third-order valence-corrected chi connectivity index (χ3v) is 3.16. The lowest BCUT2D eigenvalue weighted by molar-refractivity contribution is -0.200. The zero-order valence-corrected chi connectivity index (χ0v) is 9.10. The van der Waals surface area contributed by atoms with Crippen LogP contribution in [0.5, 0.6) is 0 Å². The molecule has 0 bridgehead atoms. The number of esters is 2. The van der Waals surface area contributed by atoms with Crippen molar-refractivity contribution < 1.29 is 23.8 Å². The van der Waals surface area contributed by atoms with Crippen LogP contribution in [0.15, 0.2) is 12.7 Å². The lowest BCUT2D eigenvalue weighted by atomic mass is 9.86. The standard InChI is InChI=1S/C11H14O5/c1-3-4-11-8(5-9(12)16-11)7(6-15-11)10(13)14-2/h3,7-8H,1,4-6H2,2H3/t7-,8+,11+/m1/s1. The molecule has 0 aliphatic carbocycles. The summed E-state index contributed by atoms with van der Waals surface area (Å²) < 4.78 is 15.4. The van der Waals surface area contributed by atoms with Gasteiger partial charge in [-0.25, -0.2) is 0 Å². The fraction of sp³-hybridized carbons (Fsp3) is 0.636. The number of ether oxygens (including phenoxy) is 3. The van der Waals surface area contributed by atoms with Gasteiger partial charge in [0.25, 0.3) is 0 Å². The normalized spacial score (nSPS) is 36.7. The van der Waals surface area contributed by atoms with E-state index in [0.717, 1.165) is 0 Å². The fourth-order valence-electron chi connectivity index (χ4n) is 2.41. The molecule has 2 aliphatic rings. The zero-order chi connectivity index (χ0) is 11.8. The van der Waals surface area contributed by atoms with Crippen molar-refractivity contribution in [2.24, 2.45) is 11.8 Å². The van der Waals surface area contributed by atoms with Crippen LogP contribution in [0.25, 0.3) is 0 Å². The smallest absolute Gasteiger partial charge is 0.311 e. The number of hydrogen-bond donors (Lipinski definition) is 0. The van der Waals surface area contributed by atoms with Crippen LogP contribution in [0.2, 0.25) is 0 Å². The van der Waals surface area contributed by atoms with Crippen molar-refractivity contribution in [2.75, 3.05) is 13.7 Å². The van der Waals surface area contributed by atoms with Gasteiger partial charge in [-0.05, 0) is 0 Å². The molecule has 0 aromatic rings. The van der Waals surface area contributed by atoms with Crippen molar-refractivity contribution in [1.82, 2.24) is 0 Å². The first-order chi connectivity index (χ1) is 7.63. The summed E-state index contributed by atoms with van der Waals surface area (Å²) in [5.74, 6) is -2.35. The summed E-state index contributed by atoms with van der Waals surface area (Å²) in [4.78, 5) is 22.8. The Morgan fingerprint density at radius 2 is 2.50 bits per heavy atom. The molecule has 0 aromatic carbocycles. The van der Waals surface area contributed by atoms with Gasteiger partial charge in [0.05, 0.1) is 32.0 Å². The van der Waals surface area contributed by atoms with E-state index in [2.05, 4.69) is 11.3 Å². The number of carbonyl (C=O) groups is 2. The minimum Gasteiger partial charge on any atom is -0.469 e. The molecule has 0 aromatic heterocycles. The van der Waals surface area contributed by atoms with Crippen molar-refractivity contribution in [3.8, 4) is 0 Å². The van der Waals surface area contributed by atoms with Crippen LogP contribution in [0.4, 0.5) is 0 Å². The molecule has 5 heteroatoms. The van der Waals surface area contributed by atoms with E-state index in [-0.39, 0.29) is 30.9 Å². The van der Waals surface area contributed by atoms with Crippen molar-refractivity contribution in [3.63, 3.8) is 0 Å². The Balaban J connectivity index is 2.23. The Morgan fingerprint density at radius 1 is 1.75 bits per heavy atom. The first kappa shape index (κ1) is 11.1. The van der Waals surface area contributed by atoms with E-state index in [0.29, 0.717) is 6.42 Å². The molecule has 2 fully saturated rings. The van der Waals surface area contributed by atoms with Gasteiger partial charge >= 0.3 is 11.9 Å². The predicted octanol–water partition coefficient (Wildman–Crippen LogP) is 0.641. The lowest BCUT2D eigenvalue weighted by Crippen LogP contribution is -2.35. The number of hydrogen-bond acceptors (Lipinski definition) is 5. The average Bonchev–Trinajstić information content (AvgIpc) is 2.71. The van der Waals surface area contributed by atoms with Gasteiger partial charge in [0.2, 0.25) is 5.79 Å².